The van der Waals surface area contributed by atoms with Gasteiger partial charge in [0.2, 0.25) is 0 Å². The molecule has 0 radical (unpaired) electrons. The lowest BCUT2D eigenvalue weighted by molar-refractivity contribution is -0.123. The molecule has 1 aromatic rings. The number of nitrogens with one attached hydrogen (secondary N) is 3. The Kier molecular flexibility index (Phi) is 6.90. The van der Waals surface area contributed by atoms with Crippen molar-refractivity contribution >= 4 is 50.8 Å². The zero-order chi connectivity index (χ0) is 14.3. The van der Waals surface area contributed by atoms with Crippen LogP contribution in [0, 0.1) is 0 Å². The van der Waals surface area contributed by atoms with Gasteiger partial charge in [0.1, 0.15) is 5.75 Å². The number of hydrogen-bond donors (Lipinski definition) is 3. The van der Waals surface area contributed by atoms with Crippen molar-refractivity contribution in [2.75, 3.05) is 13.2 Å². The normalized spacial score (nSPS) is 9.63. The van der Waals surface area contributed by atoms with E-state index in [4.69, 9.17) is 28.6 Å². The Morgan fingerprint density at radius 1 is 1.47 bits per heavy atom. The number of halogens is 2. The lowest BCUT2D eigenvalue weighted by Gasteiger charge is -2.11. The summed E-state index contributed by atoms with van der Waals surface area (Å²) < 4.78 is 6.12. The van der Waals surface area contributed by atoms with Gasteiger partial charge in [-0.1, -0.05) is 27.5 Å². The van der Waals surface area contributed by atoms with E-state index in [2.05, 4.69) is 32.1 Å². The second-order valence-electron chi connectivity index (χ2n) is 3.40. The summed E-state index contributed by atoms with van der Waals surface area (Å²) >= 11 is 14.1. The third-order valence-electron chi connectivity index (χ3n) is 1.91. The van der Waals surface area contributed by atoms with Crippen LogP contribution in [0.3, 0.4) is 0 Å². The first-order valence-electron chi connectivity index (χ1n) is 5.43. The maximum Gasteiger partial charge on any atom is 0.276 e. The van der Waals surface area contributed by atoms with Gasteiger partial charge < -0.3 is 10.1 Å². The first-order valence-corrected chi connectivity index (χ1v) is 7.01. The van der Waals surface area contributed by atoms with E-state index in [-0.39, 0.29) is 12.5 Å². The van der Waals surface area contributed by atoms with Gasteiger partial charge in [0, 0.05) is 11.0 Å². The molecule has 0 fully saturated rings. The van der Waals surface area contributed by atoms with Gasteiger partial charge in [-0.25, -0.2) is 0 Å². The summed E-state index contributed by atoms with van der Waals surface area (Å²) in [6.07, 6.45) is 0. The van der Waals surface area contributed by atoms with Crippen molar-refractivity contribution in [2.24, 2.45) is 0 Å². The van der Waals surface area contributed by atoms with Crippen LogP contribution in [0.5, 0.6) is 5.75 Å². The number of carbonyl (C=O) groups excluding carboxylic acids is 1. The van der Waals surface area contributed by atoms with E-state index in [1.807, 2.05) is 6.92 Å². The van der Waals surface area contributed by atoms with Crippen molar-refractivity contribution in [2.45, 2.75) is 6.92 Å². The van der Waals surface area contributed by atoms with E-state index in [1.165, 1.54) is 0 Å². The van der Waals surface area contributed by atoms with Crippen LogP contribution in [0.1, 0.15) is 6.92 Å². The topological polar surface area (TPSA) is 62.4 Å². The summed E-state index contributed by atoms with van der Waals surface area (Å²) in [5.41, 5.74) is 4.94. The number of hydrogen-bond acceptors (Lipinski definition) is 3. The third-order valence-corrected chi connectivity index (χ3v) is 2.94. The van der Waals surface area contributed by atoms with E-state index in [0.717, 1.165) is 4.47 Å². The Balaban J connectivity index is 2.36. The number of carbonyl (C=O) groups is 1. The van der Waals surface area contributed by atoms with Crippen LogP contribution in [-0.4, -0.2) is 24.2 Å². The van der Waals surface area contributed by atoms with Crippen molar-refractivity contribution in [3.05, 3.63) is 27.7 Å². The molecular weight excluding hydrogens is 354 g/mol. The molecule has 8 heteroatoms. The van der Waals surface area contributed by atoms with Crippen LogP contribution in [0.15, 0.2) is 22.7 Å². The van der Waals surface area contributed by atoms with E-state index in [1.54, 1.807) is 18.2 Å². The molecule has 0 bridgehead atoms. The highest BCUT2D eigenvalue weighted by Crippen LogP contribution is 2.27. The van der Waals surface area contributed by atoms with Crippen molar-refractivity contribution in [1.29, 1.82) is 0 Å². The molecule has 3 N–H and O–H groups in total. The summed E-state index contributed by atoms with van der Waals surface area (Å²) in [5, 5.41) is 3.60. The maximum atomic E-state index is 11.5. The first-order chi connectivity index (χ1) is 9.02. The molecule has 0 aliphatic rings. The SMILES string of the molecule is CCNC(=S)NNC(=O)COc1ccc(Br)cc1Cl. The predicted octanol–water partition coefficient (Wildman–Crippen LogP) is 2.00. The summed E-state index contributed by atoms with van der Waals surface area (Å²) in [4.78, 5) is 11.5. The molecular formula is C11H13BrClN3O2S. The quantitative estimate of drug-likeness (QED) is 0.562. The Labute approximate surface area is 130 Å². The number of rotatable bonds is 4. The molecule has 0 aromatic heterocycles. The van der Waals surface area contributed by atoms with Crippen molar-refractivity contribution in [3.63, 3.8) is 0 Å². The molecule has 1 amide bonds. The van der Waals surface area contributed by atoms with E-state index < -0.39 is 0 Å². The summed E-state index contributed by atoms with van der Waals surface area (Å²) in [6, 6.07) is 5.14. The van der Waals surface area contributed by atoms with E-state index >= 15 is 0 Å². The fraction of sp³-hybridized carbons (Fsp3) is 0.273. The second-order valence-corrected chi connectivity index (χ2v) is 5.13. The van der Waals surface area contributed by atoms with Crippen LogP contribution >= 0.6 is 39.7 Å². The highest BCUT2D eigenvalue weighted by atomic mass is 79.9. The Morgan fingerprint density at radius 3 is 2.84 bits per heavy atom. The number of amides is 1. The molecule has 0 aliphatic heterocycles. The Hall–Kier alpha value is -1.05. The van der Waals surface area contributed by atoms with Crippen LogP contribution in [0.4, 0.5) is 0 Å². The second kappa shape index (κ2) is 8.19. The maximum absolute atomic E-state index is 11.5. The molecule has 0 heterocycles. The van der Waals surface area contributed by atoms with Crippen molar-refractivity contribution in [3.8, 4) is 5.75 Å². The first kappa shape index (κ1) is 16.0. The molecule has 19 heavy (non-hydrogen) atoms. The average molecular weight is 367 g/mol. The van der Waals surface area contributed by atoms with Crippen molar-refractivity contribution in [1.82, 2.24) is 16.2 Å². The van der Waals surface area contributed by atoms with Gasteiger partial charge in [0.05, 0.1) is 5.02 Å². The van der Waals surface area contributed by atoms with Gasteiger partial charge in [0.15, 0.2) is 11.7 Å². The molecule has 0 saturated carbocycles. The van der Waals surface area contributed by atoms with Gasteiger partial charge in [-0.2, -0.15) is 0 Å². The average Bonchev–Trinajstić information content (AvgIpc) is 2.35. The van der Waals surface area contributed by atoms with Gasteiger partial charge in [-0.15, -0.1) is 0 Å². The molecule has 5 nitrogen and oxygen atoms in total. The number of benzene rings is 1. The van der Waals surface area contributed by atoms with Crippen LogP contribution < -0.4 is 20.9 Å². The number of ether oxygens (including phenoxy) is 1. The monoisotopic (exact) mass is 365 g/mol. The molecule has 1 rings (SSSR count). The minimum absolute atomic E-state index is 0.164. The Bertz CT molecular complexity index is 473. The van der Waals surface area contributed by atoms with Crippen LogP contribution in [0.25, 0.3) is 0 Å². The van der Waals surface area contributed by atoms with Gasteiger partial charge in [-0.05, 0) is 37.3 Å². The standard InChI is InChI=1S/C11H13BrClN3O2S/c1-2-14-11(19)16-15-10(17)6-18-9-4-3-7(12)5-8(9)13/h3-5H,2,6H2,1H3,(H,15,17)(H2,14,16,19). The number of hydrazine groups is 1. The lowest BCUT2D eigenvalue weighted by Crippen LogP contribution is -2.48. The number of thiocarbonyl (C=S) groups is 1. The minimum Gasteiger partial charge on any atom is -0.482 e. The smallest absolute Gasteiger partial charge is 0.276 e. The van der Waals surface area contributed by atoms with Crippen molar-refractivity contribution < 1.29 is 9.53 Å². The van der Waals surface area contributed by atoms with Crippen LogP contribution in [-0.2, 0) is 4.79 Å². The fourth-order valence-corrected chi connectivity index (χ4v) is 2.03. The third kappa shape index (κ3) is 6.09. The zero-order valence-corrected chi connectivity index (χ0v) is 13.3. The summed E-state index contributed by atoms with van der Waals surface area (Å²) in [6.45, 7) is 2.41. The van der Waals surface area contributed by atoms with E-state index in [0.29, 0.717) is 22.4 Å². The fourth-order valence-electron chi connectivity index (χ4n) is 1.10. The highest BCUT2D eigenvalue weighted by Gasteiger charge is 2.06. The lowest BCUT2D eigenvalue weighted by atomic mass is 10.3. The van der Waals surface area contributed by atoms with Crippen LogP contribution in [0.2, 0.25) is 5.02 Å². The summed E-state index contributed by atoms with van der Waals surface area (Å²) in [7, 11) is 0. The van der Waals surface area contributed by atoms with Gasteiger partial charge in [-0.3, -0.25) is 15.6 Å². The molecule has 0 aliphatic carbocycles. The molecule has 0 atom stereocenters. The summed E-state index contributed by atoms with van der Waals surface area (Å²) in [5.74, 6) is 0.0773. The molecule has 104 valence electrons. The largest absolute Gasteiger partial charge is 0.482 e. The molecule has 0 saturated heterocycles. The van der Waals surface area contributed by atoms with E-state index in [9.17, 15) is 4.79 Å². The molecule has 1 aromatic carbocycles. The van der Waals surface area contributed by atoms with Gasteiger partial charge >= 0.3 is 0 Å². The molecule has 0 unspecified atom stereocenters. The molecule has 0 spiro atoms. The predicted molar refractivity (Wildman–Crippen MR) is 82.2 cm³/mol. The zero-order valence-electron chi connectivity index (χ0n) is 10.1. The minimum atomic E-state index is -0.362. The highest BCUT2D eigenvalue weighted by molar-refractivity contribution is 9.10. The van der Waals surface area contributed by atoms with Gasteiger partial charge in [0.25, 0.3) is 5.91 Å². The Morgan fingerprint density at radius 2 is 2.21 bits per heavy atom.